The molecule has 148 valence electrons. The van der Waals surface area contributed by atoms with Crippen molar-refractivity contribution in [1.29, 1.82) is 0 Å². The molecule has 0 saturated carbocycles. The van der Waals surface area contributed by atoms with E-state index in [1.807, 2.05) is 0 Å². The Bertz CT molecular complexity index is 816. The van der Waals surface area contributed by atoms with E-state index < -0.39 is 5.82 Å². The quantitative estimate of drug-likeness (QED) is 0.818. The van der Waals surface area contributed by atoms with Crippen LogP contribution in [0.15, 0.2) is 48.5 Å². The summed E-state index contributed by atoms with van der Waals surface area (Å²) in [6, 6.07) is 12.1. The maximum atomic E-state index is 13.8. The summed E-state index contributed by atoms with van der Waals surface area (Å²) in [5, 5.41) is 2.85. The molecule has 1 fully saturated rings. The molecule has 0 spiro atoms. The molecule has 1 saturated heterocycles. The normalized spacial score (nSPS) is 14.7. The molecule has 2 aromatic carbocycles. The van der Waals surface area contributed by atoms with Gasteiger partial charge in [-0.05, 0) is 55.0 Å². The van der Waals surface area contributed by atoms with Gasteiger partial charge in [-0.2, -0.15) is 0 Å². The van der Waals surface area contributed by atoms with Crippen molar-refractivity contribution in [1.82, 2.24) is 10.2 Å². The number of carbonyl (C=O) groups is 2. The van der Waals surface area contributed by atoms with Crippen LogP contribution in [0.5, 0.6) is 0 Å². The molecule has 0 bridgehead atoms. The first kappa shape index (κ1) is 20.0. The lowest BCUT2D eigenvalue weighted by molar-refractivity contribution is -0.121. The predicted octanol–water partition coefficient (Wildman–Crippen LogP) is 3.91. The van der Waals surface area contributed by atoms with E-state index >= 15 is 0 Å². The van der Waals surface area contributed by atoms with Crippen molar-refractivity contribution >= 4 is 11.8 Å². The Morgan fingerprint density at radius 3 is 2.36 bits per heavy atom. The van der Waals surface area contributed by atoms with E-state index in [0.29, 0.717) is 32.0 Å². The molecule has 1 aliphatic rings. The van der Waals surface area contributed by atoms with Gasteiger partial charge in [0, 0.05) is 26.1 Å². The lowest BCUT2D eigenvalue weighted by atomic mass is 9.91. The molecule has 28 heavy (non-hydrogen) atoms. The molecule has 1 N–H and O–H groups in total. The summed E-state index contributed by atoms with van der Waals surface area (Å²) in [7, 11) is 0. The second-order valence-electron chi connectivity index (χ2n) is 7.16. The summed E-state index contributed by atoms with van der Waals surface area (Å²) in [6.07, 6.45) is 2.81. The maximum absolute atomic E-state index is 13.8. The summed E-state index contributed by atoms with van der Waals surface area (Å²) < 4.78 is 26.7. The Morgan fingerprint density at radius 2 is 1.68 bits per heavy atom. The minimum absolute atomic E-state index is 0.0332. The summed E-state index contributed by atoms with van der Waals surface area (Å²) in [5.74, 6) is -0.716. The minimum atomic E-state index is -0.493. The first-order chi connectivity index (χ1) is 13.5. The molecule has 1 aliphatic heterocycles. The zero-order chi connectivity index (χ0) is 19.9. The van der Waals surface area contributed by atoms with E-state index in [2.05, 4.69) is 5.32 Å². The van der Waals surface area contributed by atoms with Crippen LogP contribution in [-0.2, 0) is 11.3 Å². The largest absolute Gasteiger partial charge is 0.352 e. The summed E-state index contributed by atoms with van der Waals surface area (Å²) in [6.45, 7) is 1.54. The topological polar surface area (TPSA) is 49.4 Å². The SMILES string of the molecule is O=C(CCC1CCN(C(=O)c2ccccc2F)CC1)NCc1ccc(F)cc1. The summed E-state index contributed by atoms with van der Waals surface area (Å²) in [5.41, 5.74) is 0.968. The van der Waals surface area contributed by atoms with Crippen molar-refractivity contribution in [2.45, 2.75) is 32.2 Å². The molecule has 0 aromatic heterocycles. The molecule has 6 heteroatoms. The van der Waals surface area contributed by atoms with E-state index in [1.54, 1.807) is 29.2 Å². The number of benzene rings is 2. The number of amides is 2. The monoisotopic (exact) mass is 386 g/mol. The van der Waals surface area contributed by atoms with E-state index in [4.69, 9.17) is 0 Å². The highest BCUT2D eigenvalue weighted by atomic mass is 19.1. The lowest BCUT2D eigenvalue weighted by Crippen LogP contribution is -2.39. The van der Waals surface area contributed by atoms with Crippen molar-refractivity contribution in [3.05, 3.63) is 71.3 Å². The smallest absolute Gasteiger partial charge is 0.256 e. The van der Waals surface area contributed by atoms with Crippen LogP contribution in [0.4, 0.5) is 8.78 Å². The molecule has 4 nitrogen and oxygen atoms in total. The fourth-order valence-electron chi connectivity index (χ4n) is 3.46. The Balaban J connectivity index is 1.38. The van der Waals surface area contributed by atoms with Gasteiger partial charge in [0.15, 0.2) is 0 Å². The van der Waals surface area contributed by atoms with E-state index in [1.165, 1.54) is 24.3 Å². The van der Waals surface area contributed by atoms with Crippen LogP contribution in [0.2, 0.25) is 0 Å². The van der Waals surface area contributed by atoms with Gasteiger partial charge >= 0.3 is 0 Å². The number of nitrogens with zero attached hydrogens (tertiary/aromatic N) is 1. The zero-order valence-corrected chi connectivity index (χ0v) is 15.7. The van der Waals surface area contributed by atoms with E-state index in [-0.39, 0.29) is 23.2 Å². The van der Waals surface area contributed by atoms with Gasteiger partial charge in [0.2, 0.25) is 5.91 Å². The number of halogens is 2. The highest BCUT2D eigenvalue weighted by Crippen LogP contribution is 2.23. The molecule has 0 radical (unpaired) electrons. The van der Waals surface area contributed by atoms with E-state index in [0.717, 1.165) is 24.8 Å². The Labute approximate surface area is 163 Å². The number of carbonyl (C=O) groups excluding carboxylic acids is 2. The third-order valence-corrected chi connectivity index (χ3v) is 5.19. The van der Waals surface area contributed by atoms with Crippen LogP contribution >= 0.6 is 0 Å². The second-order valence-corrected chi connectivity index (χ2v) is 7.16. The van der Waals surface area contributed by atoms with E-state index in [9.17, 15) is 18.4 Å². The van der Waals surface area contributed by atoms with Crippen molar-refractivity contribution in [2.75, 3.05) is 13.1 Å². The lowest BCUT2D eigenvalue weighted by Gasteiger charge is -2.32. The predicted molar refractivity (Wildman–Crippen MR) is 103 cm³/mol. The fraction of sp³-hybridized carbons (Fsp3) is 0.364. The van der Waals surface area contributed by atoms with Gasteiger partial charge < -0.3 is 10.2 Å². The molecule has 1 heterocycles. The maximum Gasteiger partial charge on any atom is 0.256 e. The van der Waals surface area contributed by atoms with Crippen LogP contribution in [0.1, 0.15) is 41.6 Å². The number of hydrogen-bond donors (Lipinski definition) is 1. The fourth-order valence-corrected chi connectivity index (χ4v) is 3.46. The molecular formula is C22H24F2N2O2. The third kappa shape index (κ3) is 5.38. The van der Waals surface area contributed by atoms with Gasteiger partial charge in [-0.1, -0.05) is 24.3 Å². The van der Waals surface area contributed by atoms with Gasteiger partial charge in [-0.3, -0.25) is 9.59 Å². The first-order valence-corrected chi connectivity index (χ1v) is 9.58. The zero-order valence-electron chi connectivity index (χ0n) is 15.7. The number of likely N-dealkylation sites (tertiary alicyclic amines) is 1. The van der Waals surface area contributed by atoms with Crippen LogP contribution in [0.25, 0.3) is 0 Å². The second kappa shape index (κ2) is 9.44. The Kier molecular flexibility index (Phi) is 6.74. The van der Waals surface area contributed by atoms with Crippen LogP contribution in [0.3, 0.4) is 0 Å². The molecule has 0 aliphatic carbocycles. The Hall–Kier alpha value is -2.76. The highest BCUT2D eigenvalue weighted by Gasteiger charge is 2.25. The molecule has 2 amide bonds. The van der Waals surface area contributed by atoms with Crippen molar-refractivity contribution < 1.29 is 18.4 Å². The minimum Gasteiger partial charge on any atom is -0.352 e. The van der Waals surface area contributed by atoms with Gasteiger partial charge in [-0.25, -0.2) is 8.78 Å². The van der Waals surface area contributed by atoms with Gasteiger partial charge in [-0.15, -0.1) is 0 Å². The average molecular weight is 386 g/mol. The standard InChI is InChI=1S/C22H24F2N2O2/c23-18-8-5-17(6-9-18)15-25-21(27)10-7-16-11-13-26(14-12-16)22(28)19-3-1-2-4-20(19)24/h1-6,8-9,16H,7,10-15H2,(H,25,27). The Morgan fingerprint density at radius 1 is 1.00 bits per heavy atom. The average Bonchev–Trinajstić information content (AvgIpc) is 2.72. The summed E-state index contributed by atoms with van der Waals surface area (Å²) in [4.78, 5) is 26.1. The third-order valence-electron chi connectivity index (χ3n) is 5.19. The highest BCUT2D eigenvalue weighted by molar-refractivity contribution is 5.94. The van der Waals surface area contributed by atoms with Crippen molar-refractivity contribution in [2.24, 2.45) is 5.92 Å². The molecule has 3 rings (SSSR count). The molecular weight excluding hydrogens is 362 g/mol. The first-order valence-electron chi connectivity index (χ1n) is 9.58. The number of nitrogens with one attached hydrogen (secondary N) is 1. The molecule has 2 aromatic rings. The number of piperidine rings is 1. The van der Waals surface area contributed by atoms with Crippen molar-refractivity contribution in [3.8, 4) is 0 Å². The molecule has 0 atom stereocenters. The summed E-state index contributed by atoms with van der Waals surface area (Å²) >= 11 is 0. The molecule has 0 unspecified atom stereocenters. The van der Waals surface area contributed by atoms with Crippen molar-refractivity contribution in [3.63, 3.8) is 0 Å². The van der Waals surface area contributed by atoms with Crippen LogP contribution < -0.4 is 5.32 Å². The van der Waals surface area contributed by atoms with Crippen LogP contribution in [0, 0.1) is 17.6 Å². The van der Waals surface area contributed by atoms with Gasteiger partial charge in [0.25, 0.3) is 5.91 Å². The number of hydrogen-bond acceptors (Lipinski definition) is 2. The van der Waals surface area contributed by atoms with Gasteiger partial charge in [0.05, 0.1) is 5.56 Å². The van der Waals surface area contributed by atoms with Gasteiger partial charge in [0.1, 0.15) is 11.6 Å². The van der Waals surface area contributed by atoms with Crippen LogP contribution in [-0.4, -0.2) is 29.8 Å². The number of rotatable bonds is 6.